The molecule has 0 aliphatic rings. The summed E-state index contributed by atoms with van der Waals surface area (Å²) < 4.78 is 1.96. The Kier molecular flexibility index (Phi) is 5.11. The number of carbonyl (C=O) groups is 1. The van der Waals surface area contributed by atoms with E-state index in [9.17, 15) is 9.90 Å². The van der Waals surface area contributed by atoms with Gasteiger partial charge in [-0.15, -0.1) is 0 Å². The number of nitrogens with zero attached hydrogens (tertiary/aromatic N) is 3. The highest BCUT2D eigenvalue weighted by Gasteiger charge is 2.14. The van der Waals surface area contributed by atoms with Crippen LogP contribution >= 0.6 is 11.6 Å². The molecule has 0 unspecified atom stereocenters. The molecule has 0 spiro atoms. The fourth-order valence-electron chi connectivity index (χ4n) is 2.90. The Labute approximate surface area is 161 Å². The van der Waals surface area contributed by atoms with Gasteiger partial charge >= 0.3 is 5.97 Å². The second-order valence-electron chi connectivity index (χ2n) is 6.05. The molecule has 3 rings (SSSR count). The Morgan fingerprint density at radius 3 is 2.52 bits per heavy atom. The first kappa shape index (κ1) is 18.4. The van der Waals surface area contributed by atoms with Gasteiger partial charge in [-0.3, -0.25) is 4.99 Å². The lowest BCUT2D eigenvalue weighted by Crippen LogP contribution is -2.03. The average Bonchev–Trinajstić information content (AvgIpc) is 2.94. The molecule has 0 saturated heterocycles. The first-order chi connectivity index (χ1) is 12.9. The van der Waals surface area contributed by atoms with Gasteiger partial charge in [0, 0.05) is 28.9 Å². The van der Waals surface area contributed by atoms with E-state index in [1.54, 1.807) is 48.7 Å². The second kappa shape index (κ2) is 7.48. The van der Waals surface area contributed by atoms with E-state index in [1.807, 2.05) is 24.5 Å². The molecule has 0 fully saturated rings. The number of carboxylic acids is 1. The largest absolute Gasteiger partial charge is 0.478 e. The van der Waals surface area contributed by atoms with E-state index in [-0.39, 0.29) is 10.6 Å². The summed E-state index contributed by atoms with van der Waals surface area (Å²) in [6.45, 7) is 3.89. The predicted molar refractivity (Wildman–Crippen MR) is 106 cm³/mol. The van der Waals surface area contributed by atoms with Gasteiger partial charge in [-0.25, -0.2) is 4.79 Å². The number of halogens is 1. The summed E-state index contributed by atoms with van der Waals surface area (Å²) in [5.41, 5.74) is 4.93. The molecule has 1 heterocycles. The molecule has 0 amide bonds. The van der Waals surface area contributed by atoms with Crippen LogP contribution < -0.4 is 0 Å². The number of rotatable bonds is 4. The van der Waals surface area contributed by atoms with Crippen molar-refractivity contribution in [3.05, 3.63) is 81.6 Å². The smallest absolute Gasteiger partial charge is 0.337 e. The molecule has 0 saturated carbocycles. The van der Waals surface area contributed by atoms with Gasteiger partial charge in [0.2, 0.25) is 0 Å². The molecule has 0 atom stereocenters. The quantitative estimate of drug-likeness (QED) is 0.645. The third-order valence-electron chi connectivity index (χ3n) is 4.26. The maximum atomic E-state index is 11.4. The Hall–Kier alpha value is -3.36. The van der Waals surface area contributed by atoms with Crippen LogP contribution in [0.4, 0.5) is 5.69 Å². The highest BCUT2D eigenvalue weighted by Crippen LogP contribution is 2.25. The van der Waals surface area contributed by atoms with Crippen LogP contribution in [-0.2, 0) is 0 Å². The van der Waals surface area contributed by atoms with E-state index in [1.165, 1.54) is 0 Å². The topological polar surface area (TPSA) is 78.4 Å². The van der Waals surface area contributed by atoms with Gasteiger partial charge < -0.3 is 9.67 Å². The van der Waals surface area contributed by atoms with Gasteiger partial charge in [0.15, 0.2) is 0 Å². The summed E-state index contributed by atoms with van der Waals surface area (Å²) >= 11 is 5.97. The van der Waals surface area contributed by atoms with Crippen molar-refractivity contribution in [2.75, 3.05) is 0 Å². The molecular weight excluding hydrogens is 362 g/mol. The summed E-state index contributed by atoms with van der Waals surface area (Å²) in [7, 11) is 0. The highest BCUT2D eigenvalue weighted by atomic mass is 35.5. The van der Waals surface area contributed by atoms with E-state index in [2.05, 4.69) is 11.1 Å². The van der Waals surface area contributed by atoms with Crippen LogP contribution in [0.2, 0.25) is 5.02 Å². The monoisotopic (exact) mass is 377 g/mol. The Balaban J connectivity index is 1.97. The molecule has 3 aromatic rings. The zero-order chi connectivity index (χ0) is 19.6. The maximum Gasteiger partial charge on any atom is 0.337 e. The second-order valence-corrected chi connectivity index (χ2v) is 6.46. The minimum Gasteiger partial charge on any atom is -0.478 e. The summed E-state index contributed by atoms with van der Waals surface area (Å²) in [5, 5.41) is 18.3. The first-order valence-electron chi connectivity index (χ1n) is 8.17. The fourth-order valence-corrected chi connectivity index (χ4v) is 3.10. The van der Waals surface area contributed by atoms with Crippen LogP contribution in [0.1, 0.15) is 32.9 Å². The van der Waals surface area contributed by atoms with E-state index in [0.717, 1.165) is 28.3 Å². The van der Waals surface area contributed by atoms with Crippen molar-refractivity contribution >= 4 is 29.5 Å². The lowest BCUT2D eigenvalue weighted by molar-refractivity contribution is 0.0697. The van der Waals surface area contributed by atoms with Crippen molar-refractivity contribution in [2.45, 2.75) is 13.8 Å². The third kappa shape index (κ3) is 3.76. The van der Waals surface area contributed by atoms with Gasteiger partial charge in [-0.05, 0) is 62.4 Å². The van der Waals surface area contributed by atoms with Crippen molar-refractivity contribution in [3.8, 4) is 11.8 Å². The molecule has 2 aromatic carbocycles. The third-order valence-corrected chi connectivity index (χ3v) is 4.59. The lowest BCUT2D eigenvalue weighted by Gasteiger charge is -2.11. The number of aromatic carboxylic acids is 1. The zero-order valence-corrected chi connectivity index (χ0v) is 15.5. The lowest BCUT2D eigenvalue weighted by atomic mass is 10.2. The van der Waals surface area contributed by atoms with Gasteiger partial charge in [-0.2, -0.15) is 5.26 Å². The number of carboxylic acid groups (broad SMARTS) is 1. The molecule has 134 valence electrons. The average molecular weight is 378 g/mol. The van der Waals surface area contributed by atoms with Crippen LogP contribution in [0.15, 0.2) is 53.5 Å². The molecule has 0 aliphatic carbocycles. The number of hydrogen-bond acceptors (Lipinski definition) is 3. The SMILES string of the molecule is Cc1cc(C=Nc2ccc(C#N)cc2)c(C)n1-c1ccc(Cl)c(C(=O)O)c1. The summed E-state index contributed by atoms with van der Waals surface area (Å²) in [6.07, 6.45) is 1.76. The minimum atomic E-state index is -1.06. The minimum absolute atomic E-state index is 0.0643. The molecular formula is C21H16ClN3O2. The van der Waals surface area contributed by atoms with Gasteiger partial charge in [0.25, 0.3) is 0 Å². The number of aliphatic imine (C=N–C) groups is 1. The highest BCUT2D eigenvalue weighted by molar-refractivity contribution is 6.33. The maximum absolute atomic E-state index is 11.4. The van der Waals surface area contributed by atoms with Gasteiger partial charge in [0.1, 0.15) is 0 Å². The van der Waals surface area contributed by atoms with Crippen LogP contribution in [0, 0.1) is 25.2 Å². The van der Waals surface area contributed by atoms with E-state index < -0.39 is 5.97 Å². The molecule has 27 heavy (non-hydrogen) atoms. The van der Waals surface area contributed by atoms with Crippen molar-refractivity contribution in [1.29, 1.82) is 5.26 Å². The number of aromatic nitrogens is 1. The van der Waals surface area contributed by atoms with Crippen molar-refractivity contribution < 1.29 is 9.90 Å². The zero-order valence-electron chi connectivity index (χ0n) is 14.8. The molecule has 1 N–H and O–H groups in total. The molecule has 0 radical (unpaired) electrons. The molecule has 0 aliphatic heterocycles. The van der Waals surface area contributed by atoms with Crippen LogP contribution in [0.25, 0.3) is 5.69 Å². The Morgan fingerprint density at radius 1 is 1.19 bits per heavy atom. The van der Waals surface area contributed by atoms with Gasteiger partial charge in [-0.1, -0.05) is 11.6 Å². The van der Waals surface area contributed by atoms with Gasteiger partial charge in [0.05, 0.1) is 27.9 Å². The van der Waals surface area contributed by atoms with Crippen molar-refractivity contribution in [1.82, 2.24) is 4.57 Å². The summed E-state index contributed by atoms with van der Waals surface area (Å²) in [4.78, 5) is 15.8. The van der Waals surface area contributed by atoms with Crippen LogP contribution in [-0.4, -0.2) is 21.9 Å². The normalized spacial score (nSPS) is 10.9. The molecule has 1 aromatic heterocycles. The van der Waals surface area contributed by atoms with Crippen molar-refractivity contribution in [2.24, 2.45) is 4.99 Å². The summed E-state index contributed by atoms with van der Waals surface area (Å²) in [6, 6.07) is 16.0. The first-order valence-corrected chi connectivity index (χ1v) is 8.55. The van der Waals surface area contributed by atoms with Crippen LogP contribution in [0.3, 0.4) is 0 Å². The Bertz CT molecular complexity index is 1090. The van der Waals surface area contributed by atoms with Crippen molar-refractivity contribution in [3.63, 3.8) is 0 Å². The number of nitriles is 1. The van der Waals surface area contributed by atoms with E-state index in [0.29, 0.717) is 5.56 Å². The molecule has 5 nitrogen and oxygen atoms in total. The van der Waals surface area contributed by atoms with E-state index >= 15 is 0 Å². The van der Waals surface area contributed by atoms with Crippen LogP contribution in [0.5, 0.6) is 0 Å². The number of aryl methyl sites for hydroxylation is 1. The number of hydrogen-bond donors (Lipinski definition) is 1. The molecule has 6 heteroatoms. The number of benzene rings is 2. The standard InChI is InChI=1S/C21H16ClN3O2/c1-13-9-16(12-24-17-5-3-15(11-23)4-6-17)14(2)25(13)18-7-8-20(22)19(10-18)21(26)27/h3-10,12H,1-2H3,(H,26,27). The molecule has 0 bridgehead atoms. The Morgan fingerprint density at radius 2 is 1.89 bits per heavy atom. The predicted octanol–water partition coefficient (Wildman–Crippen LogP) is 5.07. The van der Waals surface area contributed by atoms with E-state index in [4.69, 9.17) is 16.9 Å². The fraction of sp³-hybridized carbons (Fsp3) is 0.0952. The summed E-state index contributed by atoms with van der Waals surface area (Å²) in [5.74, 6) is -1.06.